The maximum atomic E-state index is 13.2. The summed E-state index contributed by atoms with van der Waals surface area (Å²) in [6.45, 7) is 13.1. The molecule has 0 amide bonds. The number of carbonyl (C=O) groups excluding carboxylic acids is 1. The Balaban J connectivity index is 0.910. The number of rotatable bonds is 8. The molecule has 14 nitrogen and oxygen atoms in total. The Labute approximate surface area is 325 Å². The lowest BCUT2D eigenvalue weighted by molar-refractivity contribution is -0.336. The smallest absolute Gasteiger partial charge is 0.309 e. The molecule has 316 valence electrons. The second kappa shape index (κ2) is 15.9. The van der Waals surface area contributed by atoms with E-state index in [1.165, 1.54) is 0 Å². The minimum Gasteiger partial charge on any atom is -0.463 e. The van der Waals surface area contributed by atoms with E-state index in [0.29, 0.717) is 25.2 Å². The van der Waals surface area contributed by atoms with Gasteiger partial charge in [-0.25, -0.2) is 0 Å². The molecule has 0 aromatic heterocycles. The number of hydrogen-bond acceptors (Lipinski definition) is 14. The Hall–Kier alpha value is -1.01. The molecule has 21 atom stereocenters. The van der Waals surface area contributed by atoms with E-state index < -0.39 is 96.8 Å². The molecule has 3 saturated heterocycles. The molecule has 7 aliphatic rings. The van der Waals surface area contributed by atoms with Crippen LogP contribution in [-0.2, 0) is 38.0 Å². The first-order chi connectivity index (χ1) is 25.8. The molecule has 0 spiro atoms. The number of esters is 1. The normalized spacial score (nSPS) is 54.3. The number of hydrogen-bond donors (Lipinski definition) is 6. The molecule has 3 aliphatic heterocycles. The van der Waals surface area contributed by atoms with Crippen molar-refractivity contribution in [1.82, 2.24) is 0 Å². The molecule has 3 heterocycles. The van der Waals surface area contributed by atoms with Crippen LogP contribution in [0.15, 0.2) is 0 Å². The number of fused-ring (bicyclic) bond motifs is 5. The minimum absolute atomic E-state index is 0.000436. The molecule has 0 aromatic carbocycles. The van der Waals surface area contributed by atoms with Crippen LogP contribution >= 0.6 is 0 Å². The Morgan fingerprint density at radius 2 is 1.24 bits per heavy atom. The van der Waals surface area contributed by atoms with Crippen molar-refractivity contribution in [2.75, 3.05) is 0 Å². The lowest BCUT2D eigenvalue weighted by Gasteiger charge is -2.64. The first-order valence-electron chi connectivity index (χ1n) is 21.1. The molecule has 0 aromatic rings. The summed E-state index contributed by atoms with van der Waals surface area (Å²) < 4.78 is 42.4. The number of aliphatic hydroxyl groups is 6. The Kier molecular flexibility index (Phi) is 12.2. The monoisotopic (exact) mass is 784 g/mol. The Morgan fingerprint density at radius 1 is 0.673 bits per heavy atom. The summed E-state index contributed by atoms with van der Waals surface area (Å²) >= 11 is 0. The lowest BCUT2D eigenvalue weighted by atomic mass is 9.42. The van der Waals surface area contributed by atoms with Crippen LogP contribution in [0.2, 0.25) is 0 Å². The van der Waals surface area contributed by atoms with Gasteiger partial charge < -0.3 is 63.8 Å². The van der Waals surface area contributed by atoms with Gasteiger partial charge in [-0.1, -0.05) is 13.8 Å². The standard InChI is InChI=1S/C41H68O14/c1-19(2)49-38(47)26-11-13-41(48)25-9-8-23-14-24(10-12-39(23,6)27(25)15-31(45)40(26,41)7)53-32-17-29(43)36(21(4)51-32)55-34-18-30(44)37(22(5)52-34)54-33-16-28(42)35(46)20(3)50-33/h19-37,42-46,48H,8-18H2,1-7H3/t20-,21-,22-,23-,24+,25-,26-,27+,28+,29+,30+,31-,32?,33?,34?,35-,36-,37-,39+,40+,41+/m1/s1. The van der Waals surface area contributed by atoms with Crippen molar-refractivity contribution < 1.29 is 68.6 Å². The van der Waals surface area contributed by atoms with Crippen LogP contribution in [0.5, 0.6) is 0 Å². The highest BCUT2D eigenvalue weighted by molar-refractivity contribution is 5.75. The van der Waals surface area contributed by atoms with E-state index in [1.54, 1.807) is 13.8 Å². The average molecular weight is 785 g/mol. The van der Waals surface area contributed by atoms with Gasteiger partial charge in [-0.05, 0) is 109 Å². The predicted octanol–water partition coefficient (Wildman–Crippen LogP) is 2.69. The van der Waals surface area contributed by atoms with Crippen molar-refractivity contribution in [3.63, 3.8) is 0 Å². The van der Waals surface area contributed by atoms with Crippen molar-refractivity contribution in [2.45, 2.75) is 217 Å². The second-order valence-corrected chi connectivity index (χ2v) is 19.0. The van der Waals surface area contributed by atoms with Crippen LogP contribution in [0.4, 0.5) is 0 Å². The van der Waals surface area contributed by atoms with Gasteiger partial charge in [0, 0.05) is 24.7 Å². The van der Waals surface area contributed by atoms with E-state index in [9.17, 15) is 35.4 Å². The quantitative estimate of drug-likeness (QED) is 0.155. The van der Waals surface area contributed by atoms with E-state index >= 15 is 0 Å². The van der Waals surface area contributed by atoms with Crippen molar-refractivity contribution in [1.29, 1.82) is 0 Å². The molecule has 4 aliphatic carbocycles. The van der Waals surface area contributed by atoms with Gasteiger partial charge in [0.25, 0.3) is 0 Å². The van der Waals surface area contributed by atoms with Crippen LogP contribution < -0.4 is 0 Å². The van der Waals surface area contributed by atoms with E-state index in [0.717, 1.165) is 32.1 Å². The van der Waals surface area contributed by atoms with Gasteiger partial charge in [-0.15, -0.1) is 0 Å². The molecule has 3 unspecified atom stereocenters. The summed E-state index contributed by atoms with van der Waals surface area (Å²) in [6, 6.07) is 0. The van der Waals surface area contributed by atoms with Crippen LogP contribution in [-0.4, -0.2) is 134 Å². The van der Waals surface area contributed by atoms with Gasteiger partial charge in [-0.3, -0.25) is 4.79 Å². The fourth-order valence-electron chi connectivity index (χ4n) is 12.3. The zero-order valence-electron chi connectivity index (χ0n) is 33.7. The van der Waals surface area contributed by atoms with Crippen molar-refractivity contribution in [3.8, 4) is 0 Å². The molecule has 0 bridgehead atoms. The fourth-order valence-corrected chi connectivity index (χ4v) is 12.3. The first-order valence-corrected chi connectivity index (χ1v) is 21.1. The van der Waals surface area contributed by atoms with Gasteiger partial charge in [0.05, 0.1) is 66.5 Å². The summed E-state index contributed by atoms with van der Waals surface area (Å²) in [5, 5.41) is 66.7. The number of ether oxygens (including phenoxy) is 7. The molecule has 7 rings (SSSR count). The summed E-state index contributed by atoms with van der Waals surface area (Å²) in [6.07, 6.45) is -4.10. The number of aliphatic hydroxyl groups excluding tert-OH is 5. The van der Waals surface area contributed by atoms with Crippen molar-refractivity contribution in [3.05, 3.63) is 0 Å². The van der Waals surface area contributed by atoms with Crippen LogP contribution in [0, 0.1) is 34.5 Å². The van der Waals surface area contributed by atoms with Gasteiger partial charge in [0.15, 0.2) is 18.9 Å². The highest BCUT2D eigenvalue weighted by atomic mass is 16.7. The maximum Gasteiger partial charge on any atom is 0.309 e. The van der Waals surface area contributed by atoms with E-state index in [4.69, 9.17) is 33.2 Å². The van der Waals surface area contributed by atoms with E-state index in [2.05, 4.69) is 6.92 Å². The molecule has 0 radical (unpaired) electrons. The third kappa shape index (κ3) is 7.56. The second-order valence-electron chi connectivity index (χ2n) is 19.0. The van der Waals surface area contributed by atoms with Gasteiger partial charge in [0.2, 0.25) is 0 Å². The zero-order chi connectivity index (χ0) is 39.8. The minimum atomic E-state index is -1.13. The van der Waals surface area contributed by atoms with Crippen LogP contribution in [0.25, 0.3) is 0 Å². The van der Waals surface area contributed by atoms with Gasteiger partial charge in [0.1, 0.15) is 18.3 Å². The molecule has 14 heteroatoms. The SMILES string of the molecule is CC(C)OC(=O)[C@H]1CC[C@]2(O)[C@@H]3CC[C@@H]4C[C@@H](OC5C[C@H](O)[C@H](OC6C[C@H](O)[C@H](OC7C[C@H](O)[C@H](O)[C@@H](C)O7)[C@@H](C)O6)[C@@H](C)O5)CC[C@]4(C)[C@H]3C[C@@H](O)[C@]12C. The molecular formula is C41H68O14. The summed E-state index contributed by atoms with van der Waals surface area (Å²) in [5.41, 5.74) is -2.17. The highest BCUT2D eigenvalue weighted by Gasteiger charge is 2.72. The average Bonchev–Trinajstić information content (AvgIpc) is 3.39. The topological polar surface area (TPSA) is 203 Å². The van der Waals surface area contributed by atoms with E-state index in [1.807, 2.05) is 27.7 Å². The molecule has 4 saturated carbocycles. The van der Waals surface area contributed by atoms with Crippen molar-refractivity contribution >= 4 is 5.97 Å². The largest absolute Gasteiger partial charge is 0.463 e. The fraction of sp³-hybridized carbons (Fsp3) is 0.976. The lowest BCUT2D eigenvalue weighted by Crippen LogP contribution is -2.67. The molecular weight excluding hydrogens is 716 g/mol. The molecule has 55 heavy (non-hydrogen) atoms. The van der Waals surface area contributed by atoms with Crippen molar-refractivity contribution in [2.24, 2.45) is 34.5 Å². The highest BCUT2D eigenvalue weighted by Crippen LogP contribution is 2.69. The third-order valence-corrected chi connectivity index (χ3v) is 15.5. The molecule has 7 fully saturated rings. The Bertz CT molecular complexity index is 1320. The van der Waals surface area contributed by atoms with Crippen LogP contribution in [0.1, 0.15) is 119 Å². The maximum absolute atomic E-state index is 13.2. The third-order valence-electron chi connectivity index (χ3n) is 15.5. The van der Waals surface area contributed by atoms with E-state index in [-0.39, 0.29) is 54.7 Å². The van der Waals surface area contributed by atoms with Gasteiger partial charge >= 0.3 is 5.97 Å². The van der Waals surface area contributed by atoms with Gasteiger partial charge in [-0.2, -0.15) is 0 Å². The predicted molar refractivity (Wildman–Crippen MR) is 195 cm³/mol. The first kappa shape index (κ1) is 42.1. The summed E-state index contributed by atoms with van der Waals surface area (Å²) in [5.74, 6) is -0.373. The zero-order valence-corrected chi connectivity index (χ0v) is 33.7. The summed E-state index contributed by atoms with van der Waals surface area (Å²) in [7, 11) is 0. The molecule has 6 N–H and O–H groups in total. The number of carbonyl (C=O) groups is 1. The Morgan fingerprint density at radius 3 is 1.80 bits per heavy atom. The summed E-state index contributed by atoms with van der Waals surface area (Å²) in [4.78, 5) is 13.2. The van der Waals surface area contributed by atoms with Crippen LogP contribution in [0.3, 0.4) is 0 Å².